The number of hydrogen-bond acceptors (Lipinski definition) is 1. The zero-order valence-corrected chi connectivity index (χ0v) is 14.1. The standard InChI is InChI=1S/C11H10Cl4O.Ti/c1-5-4-6(2)9(12)7(3)8(5)10(16)11(13,14)15;/h4H,1-3H3;. The zero-order chi connectivity index (χ0) is 12.7. The molecule has 1 aromatic rings. The molecule has 92 valence electrons. The van der Waals surface area contributed by atoms with Gasteiger partial charge in [-0.25, -0.2) is 0 Å². The number of halogens is 4. The quantitative estimate of drug-likeness (QED) is 0.404. The molecule has 0 aliphatic heterocycles. The summed E-state index contributed by atoms with van der Waals surface area (Å²) in [6.45, 7) is 5.40. The van der Waals surface area contributed by atoms with Crippen molar-refractivity contribution >= 4 is 52.2 Å². The molecule has 0 saturated heterocycles. The Morgan fingerprint density at radius 1 is 1.12 bits per heavy atom. The molecule has 0 amide bonds. The molecule has 0 heterocycles. The SMILES string of the molecule is Cc1cc(C)c(C(=O)C(Cl)(Cl)Cl)c(C)c1Cl.[Ti]. The number of aryl methyl sites for hydroxylation is 2. The first kappa shape index (κ1) is 17.8. The molecule has 0 unspecified atom stereocenters. The van der Waals surface area contributed by atoms with Gasteiger partial charge in [0.05, 0.1) is 0 Å². The summed E-state index contributed by atoms with van der Waals surface area (Å²) in [6, 6.07) is 1.80. The summed E-state index contributed by atoms with van der Waals surface area (Å²) in [5, 5.41) is 0.531. The number of hydrogen-bond donors (Lipinski definition) is 0. The van der Waals surface area contributed by atoms with E-state index in [0.717, 1.165) is 11.1 Å². The minimum atomic E-state index is -1.95. The van der Waals surface area contributed by atoms with E-state index in [4.69, 9.17) is 46.4 Å². The second kappa shape index (κ2) is 6.28. The third-order valence-electron chi connectivity index (χ3n) is 2.36. The van der Waals surface area contributed by atoms with Crippen LogP contribution in [0.1, 0.15) is 27.0 Å². The Bertz CT molecular complexity index is 452. The summed E-state index contributed by atoms with van der Waals surface area (Å²) in [5.41, 5.74) is 2.69. The summed E-state index contributed by atoms with van der Waals surface area (Å²) < 4.78 is -1.95. The molecular weight excluding hydrogens is 338 g/mol. The van der Waals surface area contributed by atoms with E-state index in [1.165, 1.54) is 0 Å². The fraction of sp³-hybridized carbons (Fsp3) is 0.364. The Hall–Kier alpha value is 0.764. The van der Waals surface area contributed by atoms with Gasteiger partial charge in [-0.3, -0.25) is 4.79 Å². The van der Waals surface area contributed by atoms with Crippen LogP contribution >= 0.6 is 46.4 Å². The largest absolute Gasteiger partial charge is 0.289 e. The summed E-state index contributed by atoms with van der Waals surface area (Å²) in [7, 11) is 0. The molecule has 0 saturated carbocycles. The molecule has 0 radical (unpaired) electrons. The normalized spacial score (nSPS) is 11.0. The maximum absolute atomic E-state index is 11.9. The summed E-state index contributed by atoms with van der Waals surface area (Å²) >= 11 is 22.8. The third-order valence-corrected chi connectivity index (χ3v) is 3.46. The van der Waals surface area contributed by atoms with Crippen molar-refractivity contribution in [2.75, 3.05) is 0 Å². The topological polar surface area (TPSA) is 17.1 Å². The Labute approximate surface area is 136 Å². The van der Waals surface area contributed by atoms with Crippen LogP contribution in [0.4, 0.5) is 0 Å². The fourth-order valence-corrected chi connectivity index (χ4v) is 2.09. The molecule has 1 nitrogen and oxygen atoms in total. The van der Waals surface area contributed by atoms with Gasteiger partial charge in [0.15, 0.2) is 0 Å². The van der Waals surface area contributed by atoms with Crippen LogP contribution in [0.25, 0.3) is 0 Å². The first-order chi connectivity index (χ1) is 7.16. The monoisotopic (exact) mass is 346 g/mol. The van der Waals surface area contributed by atoms with Crippen LogP contribution in [0.5, 0.6) is 0 Å². The Morgan fingerprint density at radius 2 is 1.59 bits per heavy atom. The number of Topliss-reactive ketones (excluding diaryl/α,β-unsaturated/α-hetero) is 1. The predicted molar refractivity (Wildman–Crippen MR) is 70.3 cm³/mol. The van der Waals surface area contributed by atoms with Crippen LogP contribution in [0.2, 0.25) is 5.02 Å². The van der Waals surface area contributed by atoms with Crippen LogP contribution in [-0.2, 0) is 21.7 Å². The van der Waals surface area contributed by atoms with Crippen molar-refractivity contribution in [3.8, 4) is 0 Å². The second-order valence-electron chi connectivity index (χ2n) is 3.65. The summed E-state index contributed by atoms with van der Waals surface area (Å²) in [4.78, 5) is 11.9. The molecule has 0 N–H and O–H groups in total. The van der Waals surface area contributed by atoms with Gasteiger partial charge in [-0.05, 0) is 37.5 Å². The smallest absolute Gasteiger partial charge is 0.253 e. The molecule has 0 fully saturated rings. The van der Waals surface area contributed by atoms with Crippen molar-refractivity contribution in [3.63, 3.8) is 0 Å². The molecule has 0 atom stereocenters. The second-order valence-corrected chi connectivity index (χ2v) is 6.31. The van der Waals surface area contributed by atoms with Gasteiger partial charge < -0.3 is 0 Å². The first-order valence-corrected chi connectivity index (χ1v) is 6.05. The Kier molecular flexibility index (Phi) is 6.56. The summed E-state index contributed by atoms with van der Waals surface area (Å²) in [6.07, 6.45) is 0. The molecule has 0 aliphatic carbocycles. The number of carbonyl (C=O) groups is 1. The van der Waals surface area contributed by atoms with E-state index < -0.39 is 9.58 Å². The van der Waals surface area contributed by atoms with Gasteiger partial charge in [-0.1, -0.05) is 52.5 Å². The molecule has 17 heavy (non-hydrogen) atoms. The van der Waals surface area contributed by atoms with Crippen LogP contribution in [0.3, 0.4) is 0 Å². The van der Waals surface area contributed by atoms with Crippen molar-refractivity contribution in [1.82, 2.24) is 0 Å². The number of rotatable bonds is 1. The fourth-order valence-electron chi connectivity index (χ4n) is 1.65. The van der Waals surface area contributed by atoms with E-state index in [2.05, 4.69) is 0 Å². The Morgan fingerprint density at radius 3 is 2.00 bits per heavy atom. The van der Waals surface area contributed by atoms with Crippen LogP contribution in [0.15, 0.2) is 6.07 Å². The van der Waals surface area contributed by atoms with E-state index in [1.54, 1.807) is 19.9 Å². The van der Waals surface area contributed by atoms with Gasteiger partial charge >= 0.3 is 0 Å². The number of carbonyl (C=O) groups excluding carboxylic acids is 1. The van der Waals surface area contributed by atoms with E-state index >= 15 is 0 Å². The average Bonchev–Trinajstić information content (AvgIpc) is 2.13. The molecule has 1 aromatic carbocycles. The van der Waals surface area contributed by atoms with Crippen molar-refractivity contribution < 1.29 is 26.5 Å². The number of alkyl halides is 3. The van der Waals surface area contributed by atoms with Gasteiger partial charge in [0.1, 0.15) is 0 Å². The van der Waals surface area contributed by atoms with E-state index in [1.807, 2.05) is 6.92 Å². The third kappa shape index (κ3) is 3.86. The van der Waals surface area contributed by atoms with Crippen LogP contribution < -0.4 is 0 Å². The van der Waals surface area contributed by atoms with Crippen molar-refractivity contribution in [1.29, 1.82) is 0 Å². The van der Waals surface area contributed by atoms with E-state index in [0.29, 0.717) is 16.1 Å². The predicted octanol–water partition coefficient (Wildman–Crippen LogP) is 4.82. The minimum Gasteiger partial charge on any atom is -0.289 e. The van der Waals surface area contributed by atoms with Gasteiger partial charge in [0.25, 0.3) is 3.79 Å². The average molecular weight is 348 g/mol. The minimum absolute atomic E-state index is 0. The van der Waals surface area contributed by atoms with E-state index in [-0.39, 0.29) is 21.7 Å². The first-order valence-electron chi connectivity index (χ1n) is 4.54. The van der Waals surface area contributed by atoms with Crippen molar-refractivity contribution in [3.05, 3.63) is 33.3 Å². The van der Waals surface area contributed by atoms with Crippen molar-refractivity contribution in [2.24, 2.45) is 0 Å². The molecule has 0 bridgehead atoms. The molecule has 0 aromatic heterocycles. The van der Waals surface area contributed by atoms with Gasteiger partial charge in [0, 0.05) is 32.3 Å². The van der Waals surface area contributed by atoms with Gasteiger partial charge in [-0.2, -0.15) is 0 Å². The maximum atomic E-state index is 11.9. The molecular formula is C11H10Cl4OTi. The molecule has 6 heteroatoms. The molecule has 0 aliphatic rings. The van der Waals surface area contributed by atoms with Crippen LogP contribution in [-0.4, -0.2) is 9.58 Å². The van der Waals surface area contributed by atoms with Gasteiger partial charge in [-0.15, -0.1) is 0 Å². The number of benzene rings is 1. The van der Waals surface area contributed by atoms with E-state index in [9.17, 15) is 4.79 Å². The van der Waals surface area contributed by atoms with Crippen LogP contribution in [0, 0.1) is 20.8 Å². The van der Waals surface area contributed by atoms with Crippen molar-refractivity contribution in [2.45, 2.75) is 24.6 Å². The number of ketones is 1. The summed E-state index contributed by atoms with van der Waals surface area (Å²) in [5.74, 6) is -0.547. The van der Waals surface area contributed by atoms with Gasteiger partial charge in [0.2, 0.25) is 5.78 Å². The zero-order valence-electron chi connectivity index (χ0n) is 9.50. The molecule has 0 spiro atoms. The molecule has 1 rings (SSSR count). The maximum Gasteiger partial charge on any atom is 0.253 e. The Balaban J connectivity index is 0.00000256.